The zero-order valence-electron chi connectivity index (χ0n) is 16.0. The summed E-state index contributed by atoms with van der Waals surface area (Å²) in [6.07, 6.45) is 1.65. The lowest BCUT2D eigenvalue weighted by Crippen LogP contribution is -2.35. The van der Waals surface area contributed by atoms with E-state index in [4.69, 9.17) is 14.2 Å². The third kappa shape index (κ3) is 4.83. The van der Waals surface area contributed by atoms with Gasteiger partial charge in [0.2, 0.25) is 0 Å². The van der Waals surface area contributed by atoms with Crippen LogP contribution < -0.4 is 9.47 Å². The van der Waals surface area contributed by atoms with Gasteiger partial charge in [-0.2, -0.15) is 0 Å². The van der Waals surface area contributed by atoms with E-state index in [0.717, 1.165) is 0 Å². The summed E-state index contributed by atoms with van der Waals surface area (Å²) in [7, 11) is 2.78. The molecule has 0 aromatic heterocycles. The van der Waals surface area contributed by atoms with Crippen LogP contribution in [0.2, 0.25) is 0 Å². The Bertz CT molecular complexity index is 755. The lowest BCUT2D eigenvalue weighted by Gasteiger charge is -2.21. The number of carbonyl (C=O) groups is 1. The number of carbonyl (C=O) groups excluding carboxylic acids is 1. The maximum Gasteiger partial charge on any atom is 0.342 e. The summed E-state index contributed by atoms with van der Waals surface area (Å²) in [6.45, 7) is 1.65. The maximum atomic E-state index is 12.7. The van der Waals surface area contributed by atoms with Crippen molar-refractivity contribution in [2.75, 3.05) is 14.2 Å². The van der Waals surface area contributed by atoms with Crippen molar-refractivity contribution in [2.45, 2.75) is 44.2 Å². The van der Waals surface area contributed by atoms with E-state index in [-0.39, 0.29) is 41.2 Å². The van der Waals surface area contributed by atoms with Crippen LogP contribution in [0.4, 0.5) is 0 Å². The molecule has 1 heterocycles. The second kappa shape index (κ2) is 9.59. The highest BCUT2D eigenvalue weighted by atomic mass is 16.5. The first-order chi connectivity index (χ1) is 13.3. The first-order valence-electron chi connectivity index (χ1n) is 8.86. The minimum absolute atomic E-state index is 0.0158. The Morgan fingerprint density at radius 3 is 2.46 bits per heavy atom. The fourth-order valence-electron chi connectivity index (χ4n) is 2.89. The molecular weight excluding hydrogens is 368 g/mol. The van der Waals surface area contributed by atoms with Crippen LogP contribution in [0.5, 0.6) is 17.2 Å². The minimum Gasteiger partial charge on any atom is -0.507 e. The number of hydrogen-bond donors (Lipinski definition) is 4. The molecule has 0 aliphatic carbocycles. The van der Waals surface area contributed by atoms with Crippen molar-refractivity contribution in [1.82, 2.24) is 0 Å². The molecule has 0 fully saturated rings. The number of aliphatic hydroxyl groups excluding tert-OH is 3. The molecule has 154 valence electrons. The van der Waals surface area contributed by atoms with Gasteiger partial charge in [-0.05, 0) is 13.3 Å². The molecule has 1 aliphatic heterocycles. The van der Waals surface area contributed by atoms with E-state index in [1.54, 1.807) is 13.0 Å². The van der Waals surface area contributed by atoms with Gasteiger partial charge in [-0.25, -0.2) is 4.79 Å². The summed E-state index contributed by atoms with van der Waals surface area (Å²) in [6, 6.07) is 1.26. The van der Waals surface area contributed by atoms with Crippen molar-refractivity contribution in [3.8, 4) is 17.2 Å². The molecule has 1 unspecified atom stereocenters. The van der Waals surface area contributed by atoms with Gasteiger partial charge in [0.05, 0.1) is 20.3 Å². The monoisotopic (exact) mass is 394 g/mol. The highest BCUT2D eigenvalue weighted by molar-refractivity contribution is 5.98. The summed E-state index contributed by atoms with van der Waals surface area (Å²) in [4.78, 5) is 12.7. The van der Waals surface area contributed by atoms with Crippen LogP contribution in [0.1, 0.15) is 35.7 Å². The zero-order chi connectivity index (χ0) is 20.8. The fourth-order valence-corrected chi connectivity index (χ4v) is 2.89. The molecule has 0 saturated carbocycles. The highest BCUT2D eigenvalue weighted by Crippen LogP contribution is 2.40. The standard InChI is InChI=1S/C20H26O8/c1-11-6-4-8-13(21)18(24)14(22)9-5-7-12-17(20(25)28-11)15(23)10-16(26-2)19(12)27-3/h4-5,7-8,10-11,13-14,18,21-24H,6,9H2,1-3H3/t11-,13?,14-,18+/m0/s1. The highest BCUT2D eigenvalue weighted by Gasteiger charge is 2.26. The third-order valence-electron chi connectivity index (χ3n) is 4.41. The number of ether oxygens (including phenoxy) is 3. The molecule has 1 aliphatic rings. The Morgan fingerprint density at radius 2 is 1.82 bits per heavy atom. The average molecular weight is 394 g/mol. The number of rotatable bonds is 2. The van der Waals surface area contributed by atoms with Crippen molar-refractivity contribution < 1.29 is 39.4 Å². The number of methoxy groups -OCH3 is 2. The molecular formula is C20H26O8. The quantitative estimate of drug-likeness (QED) is 0.438. The van der Waals surface area contributed by atoms with Gasteiger partial charge in [0.1, 0.15) is 29.6 Å². The molecule has 8 heteroatoms. The molecule has 28 heavy (non-hydrogen) atoms. The smallest absolute Gasteiger partial charge is 0.342 e. The van der Waals surface area contributed by atoms with Crippen LogP contribution in [0.15, 0.2) is 24.3 Å². The van der Waals surface area contributed by atoms with Gasteiger partial charge in [-0.1, -0.05) is 24.3 Å². The molecule has 0 radical (unpaired) electrons. The first-order valence-corrected chi connectivity index (χ1v) is 8.86. The molecule has 0 amide bonds. The molecule has 0 saturated heterocycles. The Kier molecular flexibility index (Phi) is 7.45. The van der Waals surface area contributed by atoms with E-state index in [1.807, 2.05) is 0 Å². The lowest BCUT2D eigenvalue weighted by atomic mass is 10.00. The Balaban J connectivity index is 2.57. The summed E-state index contributed by atoms with van der Waals surface area (Å²) >= 11 is 0. The fraction of sp³-hybridized carbons (Fsp3) is 0.450. The summed E-state index contributed by atoms with van der Waals surface area (Å²) < 4.78 is 15.9. The number of fused-ring (bicyclic) bond motifs is 1. The molecule has 0 bridgehead atoms. The number of aromatic hydroxyl groups is 1. The number of aliphatic hydroxyl groups is 3. The van der Waals surface area contributed by atoms with E-state index in [2.05, 4.69) is 0 Å². The zero-order valence-corrected chi connectivity index (χ0v) is 16.0. The second-order valence-corrected chi connectivity index (χ2v) is 6.49. The Morgan fingerprint density at radius 1 is 1.11 bits per heavy atom. The van der Waals surface area contributed by atoms with Crippen molar-refractivity contribution in [2.24, 2.45) is 0 Å². The van der Waals surface area contributed by atoms with Crippen molar-refractivity contribution >= 4 is 12.0 Å². The summed E-state index contributed by atoms with van der Waals surface area (Å²) in [5.41, 5.74) is 0.114. The van der Waals surface area contributed by atoms with Gasteiger partial charge in [0.25, 0.3) is 0 Å². The average Bonchev–Trinajstić information content (AvgIpc) is 2.65. The molecule has 4 atom stereocenters. The molecule has 1 aromatic rings. The van der Waals surface area contributed by atoms with Gasteiger partial charge in [-0.15, -0.1) is 0 Å². The van der Waals surface area contributed by atoms with Gasteiger partial charge in [0, 0.05) is 18.1 Å². The largest absolute Gasteiger partial charge is 0.507 e. The van der Waals surface area contributed by atoms with Crippen molar-refractivity contribution in [3.05, 3.63) is 35.4 Å². The number of benzene rings is 1. The van der Waals surface area contributed by atoms with Crippen LogP contribution in [0.25, 0.3) is 6.08 Å². The minimum atomic E-state index is -1.39. The van der Waals surface area contributed by atoms with Gasteiger partial charge < -0.3 is 34.6 Å². The Labute approximate surface area is 163 Å². The van der Waals surface area contributed by atoms with Crippen molar-refractivity contribution in [1.29, 1.82) is 0 Å². The normalized spacial score (nSPS) is 26.1. The van der Waals surface area contributed by atoms with Crippen LogP contribution >= 0.6 is 0 Å². The SMILES string of the molecule is COc1cc(O)c2c(c1OC)C=CC[C@H](O)[C@H](O)C(O)C=CC[C@H](C)OC2=O. The number of hydrogen-bond acceptors (Lipinski definition) is 8. The van der Waals surface area contributed by atoms with Gasteiger partial charge in [-0.3, -0.25) is 0 Å². The van der Waals surface area contributed by atoms with Crippen LogP contribution in [0, 0.1) is 0 Å². The predicted molar refractivity (Wildman–Crippen MR) is 102 cm³/mol. The maximum absolute atomic E-state index is 12.7. The predicted octanol–water partition coefficient (Wildman–Crippen LogP) is 1.40. The topological polar surface area (TPSA) is 126 Å². The molecule has 8 nitrogen and oxygen atoms in total. The summed E-state index contributed by atoms with van der Waals surface area (Å²) in [5.74, 6) is -0.673. The number of cyclic esters (lactones) is 1. The van der Waals surface area contributed by atoms with E-state index >= 15 is 0 Å². The number of phenolic OH excluding ortho intramolecular Hbond substituents is 1. The van der Waals surface area contributed by atoms with E-state index < -0.39 is 30.4 Å². The van der Waals surface area contributed by atoms with Crippen LogP contribution in [0.3, 0.4) is 0 Å². The molecule has 2 rings (SSSR count). The lowest BCUT2D eigenvalue weighted by molar-refractivity contribution is -0.0394. The van der Waals surface area contributed by atoms with Crippen LogP contribution in [-0.2, 0) is 4.74 Å². The molecule has 0 spiro atoms. The molecule has 1 aromatic carbocycles. The number of esters is 1. The second-order valence-electron chi connectivity index (χ2n) is 6.49. The van der Waals surface area contributed by atoms with E-state index in [9.17, 15) is 25.2 Å². The van der Waals surface area contributed by atoms with E-state index in [1.165, 1.54) is 38.5 Å². The van der Waals surface area contributed by atoms with Crippen molar-refractivity contribution in [3.63, 3.8) is 0 Å². The molecule has 4 N–H and O–H groups in total. The van der Waals surface area contributed by atoms with Crippen LogP contribution in [-0.4, -0.2) is 65.0 Å². The van der Waals surface area contributed by atoms with Gasteiger partial charge >= 0.3 is 5.97 Å². The summed E-state index contributed by atoms with van der Waals surface area (Å²) in [5, 5.41) is 40.4. The van der Waals surface area contributed by atoms with Gasteiger partial charge in [0.15, 0.2) is 11.5 Å². The Hall–Kier alpha value is -2.55. The third-order valence-corrected chi connectivity index (χ3v) is 4.41. The number of phenols is 1. The first kappa shape index (κ1) is 21.7. The van der Waals surface area contributed by atoms with E-state index in [0.29, 0.717) is 0 Å².